The molecule has 1 amide bonds. The second-order valence-corrected chi connectivity index (χ2v) is 4.21. The summed E-state index contributed by atoms with van der Waals surface area (Å²) in [6, 6.07) is 20.4. The smallest absolute Gasteiger partial charge is 0.272 e. The quantitative estimate of drug-likeness (QED) is 0.800. The van der Waals surface area contributed by atoms with Crippen LogP contribution in [0.4, 0.5) is 0 Å². The maximum atomic E-state index is 11.0. The molecule has 0 aromatic heterocycles. The van der Waals surface area contributed by atoms with E-state index in [1.807, 2.05) is 41.7 Å². The number of carbonyl (C=O) groups is 1. The van der Waals surface area contributed by atoms with E-state index < -0.39 is 0 Å². The van der Waals surface area contributed by atoms with Gasteiger partial charge in [-0.1, -0.05) is 60.7 Å². The summed E-state index contributed by atoms with van der Waals surface area (Å²) in [6.07, 6.45) is 0. The lowest BCUT2D eigenvalue weighted by Gasteiger charge is -2.15. The predicted molar refractivity (Wildman–Crippen MR) is 70.7 cm³/mol. The minimum Gasteiger partial charge on any atom is -0.365 e. The van der Waals surface area contributed by atoms with Gasteiger partial charge >= 0.3 is 0 Å². The number of hydrogen-bond donors (Lipinski definition) is 2. The summed E-state index contributed by atoms with van der Waals surface area (Å²) in [4.78, 5) is 11.0. The second-order valence-electron chi connectivity index (χ2n) is 4.21. The van der Waals surface area contributed by atoms with Crippen molar-refractivity contribution in [3.63, 3.8) is 0 Å². The van der Waals surface area contributed by atoms with Gasteiger partial charge in [0.05, 0.1) is 0 Å². The number of hydrogen-bond acceptors (Lipinski definition) is 1. The topological polar surface area (TPSA) is 59.7 Å². The first-order valence-electron chi connectivity index (χ1n) is 5.99. The molecule has 0 bridgehead atoms. The van der Waals surface area contributed by atoms with Crippen LogP contribution in [0, 0.1) is 0 Å². The molecule has 0 atom stereocenters. The number of quaternary nitrogens is 1. The Morgan fingerprint density at radius 1 is 0.944 bits per heavy atom. The van der Waals surface area contributed by atoms with Gasteiger partial charge < -0.3 is 11.1 Å². The maximum Gasteiger partial charge on any atom is 0.272 e. The normalized spacial score (nSPS) is 10.5. The van der Waals surface area contributed by atoms with Crippen molar-refractivity contribution in [3.05, 3.63) is 71.8 Å². The Morgan fingerprint density at radius 3 is 1.78 bits per heavy atom. The van der Waals surface area contributed by atoms with Crippen molar-refractivity contribution in [2.24, 2.45) is 5.73 Å². The summed E-state index contributed by atoms with van der Waals surface area (Å²) in [5.74, 6) is -0.299. The van der Waals surface area contributed by atoms with Crippen LogP contribution < -0.4 is 11.1 Å². The first-order chi connectivity index (χ1) is 8.77. The van der Waals surface area contributed by atoms with Crippen molar-refractivity contribution in [1.82, 2.24) is 0 Å². The highest BCUT2D eigenvalue weighted by Crippen LogP contribution is 2.17. The Balaban J connectivity index is 2.26. The molecule has 2 aromatic carbocycles. The highest BCUT2D eigenvalue weighted by atomic mass is 16.1. The Bertz CT molecular complexity index is 457. The zero-order valence-electron chi connectivity index (χ0n) is 10.1. The molecule has 18 heavy (non-hydrogen) atoms. The minimum absolute atomic E-state index is 0.111. The van der Waals surface area contributed by atoms with Crippen LogP contribution in [0.15, 0.2) is 60.7 Å². The minimum atomic E-state index is -0.299. The molecule has 0 saturated carbocycles. The molecular weight excluding hydrogens is 224 g/mol. The summed E-state index contributed by atoms with van der Waals surface area (Å²) in [5.41, 5.74) is 7.57. The summed E-state index contributed by atoms with van der Waals surface area (Å²) in [5, 5.41) is 1.97. The fraction of sp³-hybridized carbons (Fsp3) is 0.133. The number of carbonyl (C=O) groups excluding carboxylic acids is 1. The third-order valence-corrected chi connectivity index (χ3v) is 2.87. The summed E-state index contributed by atoms with van der Waals surface area (Å²) < 4.78 is 0. The molecule has 2 rings (SSSR count). The van der Waals surface area contributed by atoms with Gasteiger partial charge in [0.25, 0.3) is 5.91 Å². The Morgan fingerprint density at radius 2 is 1.39 bits per heavy atom. The van der Waals surface area contributed by atoms with E-state index in [1.54, 1.807) is 0 Å². The number of primary amides is 1. The van der Waals surface area contributed by atoms with Crippen molar-refractivity contribution >= 4 is 5.91 Å². The van der Waals surface area contributed by atoms with Crippen LogP contribution >= 0.6 is 0 Å². The van der Waals surface area contributed by atoms with Crippen molar-refractivity contribution in [2.45, 2.75) is 6.04 Å². The third-order valence-electron chi connectivity index (χ3n) is 2.87. The van der Waals surface area contributed by atoms with Crippen molar-refractivity contribution < 1.29 is 10.1 Å². The van der Waals surface area contributed by atoms with Crippen molar-refractivity contribution in [1.29, 1.82) is 0 Å². The molecule has 3 heteroatoms. The number of amides is 1. The van der Waals surface area contributed by atoms with E-state index in [4.69, 9.17) is 5.73 Å². The SMILES string of the molecule is NC(=O)C[NH2+]C(c1ccccc1)c1ccccc1. The second kappa shape index (κ2) is 5.98. The molecule has 0 aliphatic heterocycles. The van der Waals surface area contributed by atoms with Gasteiger partial charge in [0.15, 0.2) is 6.54 Å². The zero-order chi connectivity index (χ0) is 12.8. The highest BCUT2D eigenvalue weighted by molar-refractivity contribution is 5.74. The average molecular weight is 241 g/mol. The van der Waals surface area contributed by atoms with Crippen LogP contribution in [-0.2, 0) is 4.79 Å². The lowest BCUT2D eigenvalue weighted by atomic mass is 9.99. The van der Waals surface area contributed by atoms with E-state index in [9.17, 15) is 4.79 Å². The Hall–Kier alpha value is -2.13. The summed E-state index contributed by atoms with van der Waals surface area (Å²) in [7, 11) is 0. The lowest BCUT2D eigenvalue weighted by molar-refractivity contribution is -0.676. The van der Waals surface area contributed by atoms with E-state index in [0.29, 0.717) is 0 Å². The van der Waals surface area contributed by atoms with E-state index in [1.165, 1.54) is 11.1 Å². The monoisotopic (exact) mass is 241 g/mol. The Kier molecular flexibility index (Phi) is 4.10. The summed E-state index contributed by atoms with van der Waals surface area (Å²) in [6.45, 7) is 0.286. The van der Waals surface area contributed by atoms with Gasteiger partial charge in [-0.15, -0.1) is 0 Å². The van der Waals surface area contributed by atoms with E-state index in [2.05, 4.69) is 24.3 Å². The standard InChI is InChI=1S/C15H16N2O/c16-14(18)11-17-15(12-7-3-1-4-8-12)13-9-5-2-6-10-13/h1-10,15,17H,11H2,(H2,16,18)/p+1. The largest absolute Gasteiger partial charge is 0.365 e. The van der Waals surface area contributed by atoms with E-state index in [-0.39, 0.29) is 18.5 Å². The number of benzene rings is 2. The van der Waals surface area contributed by atoms with Gasteiger partial charge in [-0.2, -0.15) is 0 Å². The highest BCUT2D eigenvalue weighted by Gasteiger charge is 2.17. The molecule has 0 radical (unpaired) electrons. The first kappa shape index (κ1) is 12.3. The molecule has 0 unspecified atom stereocenters. The van der Waals surface area contributed by atoms with Gasteiger partial charge in [0.1, 0.15) is 6.04 Å². The lowest BCUT2D eigenvalue weighted by Crippen LogP contribution is -2.87. The predicted octanol–water partition coefficient (Wildman–Crippen LogP) is 0.825. The number of nitrogens with two attached hydrogens (primary N) is 2. The number of rotatable bonds is 5. The van der Waals surface area contributed by atoms with Crippen molar-refractivity contribution in [2.75, 3.05) is 6.54 Å². The molecule has 4 N–H and O–H groups in total. The third kappa shape index (κ3) is 3.18. The van der Waals surface area contributed by atoms with Gasteiger partial charge in [-0.25, -0.2) is 0 Å². The van der Waals surface area contributed by atoms with Gasteiger partial charge in [0, 0.05) is 11.1 Å². The fourth-order valence-corrected chi connectivity index (χ4v) is 2.02. The summed E-state index contributed by atoms with van der Waals surface area (Å²) >= 11 is 0. The van der Waals surface area contributed by atoms with Crippen LogP contribution in [0.3, 0.4) is 0 Å². The molecule has 0 saturated heterocycles. The molecular formula is C15H17N2O+. The molecule has 0 fully saturated rings. The molecule has 0 aliphatic carbocycles. The maximum absolute atomic E-state index is 11.0. The van der Waals surface area contributed by atoms with Crippen LogP contribution in [-0.4, -0.2) is 12.5 Å². The average Bonchev–Trinajstić information content (AvgIpc) is 2.41. The van der Waals surface area contributed by atoms with Crippen LogP contribution in [0.25, 0.3) is 0 Å². The van der Waals surface area contributed by atoms with Crippen molar-refractivity contribution in [3.8, 4) is 0 Å². The first-order valence-corrected chi connectivity index (χ1v) is 5.99. The van der Waals surface area contributed by atoms with E-state index in [0.717, 1.165) is 0 Å². The van der Waals surface area contributed by atoms with Crippen LogP contribution in [0.2, 0.25) is 0 Å². The zero-order valence-corrected chi connectivity index (χ0v) is 10.1. The molecule has 92 valence electrons. The van der Waals surface area contributed by atoms with Gasteiger partial charge in [-0.3, -0.25) is 4.79 Å². The molecule has 0 aliphatic rings. The van der Waals surface area contributed by atoms with E-state index >= 15 is 0 Å². The molecule has 0 spiro atoms. The molecule has 3 nitrogen and oxygen atoms in total. The fourth-order valence-electron chi connectivity index (χ4n) is 2.02. The molecule has 0 heterocycles. The van der Waals surface area contributed by atoms with Crippen LogP contribution in [0.5, 0.6) is 0 Å². The van der Waals surface area contributed by atoms with Gasteiger partial charge in [-0.05, 0) is 0 Å². The molecule has 2 aromatic rings. The Labute approximate surface area is 107 Å². The van der Waals surface area contributed by atoms with Crippen LogP contribution in [0.1, 0.15) is 17.2 Å². The van der Waals surface area contributed by atoms with Gasteiger partial charge in [0.2, 0.25) is 0 Å².